The van der Waals surface area contributed by atoms with E-state index in [-0.39, 0.29) is 17.7 Å². The lowest BCUT2D eigenvalue weighted by Crippen LogP contribution is -2.31. The predicted octanol–water partition coefficient (Wildman–Crippen LogP) is 2.66. The third kappa shape index (κ3) is 4.22. The molecule has 0 spiro atoms. The highest BCUT2D eigenvalue weighted by atomic mass is 16.4. The van der Waals surface area contributed by atoms with E-state index in [9.17, 15) is 9.59 Å². The second-order valence-corrected chi connectivity index (χ2v) is 7.37. The molecule has 2 fully saturated rings. The van der Waals surface area contributed by atoms with Crippen LogP contribution in [0.15, 0.2) is 46.9 Å². The van der Waals surface area contributed by atoms with Gasteiger partial charge in [0, 0.05) is 31.1 Å². The first-order valence-corrected chi connectivity index (χ1v) is 9.64. The van der Waals surface area contributed by atoms with Gasteiger partial charge in [-0.1, -0.05) is 18.2 Å². The van der Waals surface area contributed by atoms with Crippen molar-refractivity contribution in [3.63, 3.8) is 0 Å². The summed E-state index contributed by atoms with van der Waals surface area (Å²) in [6, 6.07) is 13.3. The Hall–Kier alpha value is -2.60. The van der Waals surface area contributed by atoms with Gasteiger partial charge in [-0.05, 0) is 50.2 Å². The Labute approximate surface area is 159 Å². The molecule has 0 bridgehead atoms. The molecule has 1 aromatic carbocycles. The molecule has 6 heteroatoms. The molecule has 0 saturated carbocycles. The molecule has 1 N–H and O–H groups in total. The maximum atomic E-state index is 12.4. The number of carbonyl (C=O) groups excluding carboxylic acids is 2. The van der Waals surface area contributed by atoms with Gasteiger partial charge in [-0.15, -0.1) is 0 Å². The van der Waals surface area contributed by atoms with Crippen molar-refractivity contribution in [2.75, 3.05) is 31.1 Å². The van der Waals surface area contributed by atoms with Gasteiger partial charge in [-0.3, -0.25) is 14.5 Å². The van der Waals surface area contributed by atoms with Crippen LogP contribution in [0.2, 0.25) is 0 Å². The molecule has 0 radical (unpaired) electrons. The number of benzene rings is 1. The zero-order valence-corrected chi connectivity index (χ0v) is 15.4. The van der Waals surface area contributed by atoms with E-state index in [1.54, 1.807) is 11.0 Å². The minimum atomic E-state index is -0.215. The van der Waals surface area contributed by atoms with Gasteiger partial charge in [0.15, 0.2) is 5.76 Å². The van der Waals surface area contributed by atoms with E-state index in [4.69, 9.17) is 4.42 Å². The highest BCUT2D eigenvalue weighted by Gasteiger charge is 2.30. The summed E-state index contributed by atoms with van der Waals surface area (Å²) in [7, 11) is 0. The molecule has 2 aliphatic rings. The van der Waals surface area contributed by atoms with Crippen LogP contribution in [0.1, 0.15) is 35.6 Å². The first-order chi connectivity index (χ1) is 13.2. The molecule has 3 heterocycles. The van der Waals surface area contributed by atoms with Crippen molar-refractivity contribution < 1.29 is 14.0 Å². The zero-order chi connectivity index (χ0) is 18.6. The van der Waals surface area contributed by atoms with Crippen molar-refractivity contribution in [2.24, 2.45) is 5.92 Å². The van der Waals surface area contributed by atoms with Crippen LogP contribution in [0, 0.1) is 5.92 Å². The Kier molecular flexibility index (Phi) is 5.25. The Morgan fingerprint density at radius 3 is 2.67 bits per heavy atom. The summed E-state index contributed by atoms with van der Waals surface area (Å²) >= 11 is 0. The number of carbonyl (C=O) groups is 2. The average molecular weight is 367 g/mol. The highest BCUT2D eigenvalue weighted by Crippen LogP contribution is 2.24. The average Bonchev–Trinajstić information content (AvgIpc) is 3.42. The molecule has 2 saturated heterocycles. The van der Waals surface area contributed by atoms with E-state index in [2.05, 4.69) is 10.2 Å². The summed E-state index contributed by atoms with van der Waals surface area (Å²) in [6.45, 7) is 4.04. The van der Waals surface area contributed by atoms with Gasteiger partial charge in [0.2, 0.25) is 5.91 Å². The number of hydrogen-bond acceptors (Lipinski definition) is 4. The minimum absolute atomic E-state index is 0.103. The third-order valence-electron chi connectivity index (χ3n) is 5.29. The SMILES string of the molecule is O=C(NCC1CC(=O)N(c2ccccc2)C1)c1ccc(CN2CCCC2)o1. The van der Waals surface area contributed by atoms with Gasteiger partial charge in [-0.2, -0.15) is 0 Å². The standard InChI is InChI=1S/C21H25N3O3/c25-20-12-16(14-24(20)17-6-2-1-3-7-17)13-22-21(26)19-9-8-18(27-19)15-23-10-4-5-11-23/h1-3,6-9,16H,4-5,10-15H2,(H,22,26). The molecule has 6 nitrogen and oxygen atoms in total. The predicted molar refractivity (Wildman–Crippen MR) is 102 cm³/mol. The summed E-state index contributed by atoms with van der Waals surface area (Å²) in [5.74, 6) is 1.17. The molecule has 1 aromatic heterocycles. The molecule has 1 unspecified atom stereocenters. The summed E-state index contributed by atoms with van der Waals surface area (Å²) in [5, 5.41) is 2.92. The molecule has 1 atom stereocenters. The lowest BCUT2D eigenvalue weighted by Gasteiger charge is -2.16. The van der Waals surface area contributed by atoms with Crippen molar-refractivity contribution in [1.29, 1.82) is 0 Å². The van der Waals surface area contributed by atoms with Gasteiger partial charge in [0.25, 0.3) is 5.91 Å². The van der Waals surface area contributed by atoms with Crippen LogP contribution in [0.5, 0.6) is 0 Å². The van der Waals surface area contributed by atoms with Crippen LogP contribution in [0.3, 0.4) is 0 Å². The molecule has 4 rings (SSSR count). The molecule has 2 amide bonds. The number of anilines is 1. The van der Waals surface area contributed by atoms with Crippen LogP contribution >= 0.6 is 0 Å². The van der Waals surface area contributed by atoms with Gasteiger partial charge in [-0.25, -0.2) is 0 Å². The Morgan fingerprint density at radius 2 is 1.89 bits per heavy atom. The van der Waals surface area contributed by atoms with Crippen molar-refractivity contribution in [2.45, 2.75) is 25.8 Å². The fraction of sp³-hybridized carbons (Fsp3) is 0.429. The number of amides is 2. The number of hydrogen-bond donors (Lipinski definition) is 1. The molecule has 0 aliphatic carbocycles. The number of likely N-dealkylation sites (tertiary alicyclic amines) is 1. The van der Waals surface area contributed by atoms with Gasteiger partial charge >= 0.3 is 0 Å². The van der Waals surface area contributed by atoms with E-state index in [0.29, 0.717) is 25.3 Å². The maximum Gasteiger partial charge on any atom is 0.287 e. The third-order valence-corrected chi connectivity index (χ3v) is 5.29. The van der Waals surface area contributed by atoms with E-state index in [1.807, 2.05) is 36.4 Å². The number of nitrogens with one attached hydrogen (secondary N) is 1. The number of nitrogens with zero attached hydrogens (tertiary/aromatic N) is 2. The van der Waals surface area contributed by atoms with Gasteiger partial charge < -0.3 is 14.6 Å². The monoisotopic (exact) mass is 367 g/mol. The van der Waals surface area contributed by atoms with E-state index in [1.165, 1.54) is 12.8 Å². The zero-order valence-electron chi connectivity index (χ0n) is 15.4. The number of furan rings is 1. The van der Waals surface area contributed by atoms with E-state index >= 15 is 0 Å². The smallest absolute Gasteiger partial charge is 0.287 e. The summed E-state index contributed by atoms with van der Waals surface area (Å²) < 4.78 is 5.70. The van der Waals surface area contributed by atoms with Crippen LogP contribution in [-0.2, 0) is 11.3 Å². The number of para-hydroxylation sites is 1. The van der Waals surface area contributed by atoms with Crippen LogP contribution in [-0.4, -0.2) is 42.9 Å². The molecule has 142 valence electrons. The van der Waals surface area contributed by atoms with Crippen molar-refractivity contribution in [1.82, 2.24) is 10.2 Å². The number of rotatable bonds is 6. The first kappa shape index (κ1) is 17.8. The molecular formula is C21H25N3O3. The maximum absolute atomic E-state index is 12.4. The second-order valence-electron chi connectivity index (χ2n) is 7.37. The van der Waals surface area contributed by atoms with Crippen LogP contribution in [0.25, 0.3) is 0 Å². The van der Waals surface area contributed by atoms with E-state index in [0.717, 1.165) is 31.1 Å². The summed E-state index contributed by atoms with van der Waals surface area (Å²) in [6.07, 6.45) is 2.91. The highest BCUT2D eigenvalue weighted by molar-refractivity contribution is 5.96. The minimum Gasteiger partial charge on any atom is -0.455 e. The van der Waals surface area contributed by atoms with Crippen LogP contribution in [0.4, 0.5) is 5.69 Å². The molecular weight excluding hydrogens is 342 g/mol. The topological polar surface area (TPSA) is 65.8 Å². The lowest BCUT2D eigenvalue weighted by atomic mass is 10.1. The quantitative estimate of drug-likeness (QED) is 0.852. The van der Waals surface area contributed by atoms with E-state index < -0.39 is 0 Å². The van der Waals surface area contributed by atoms with Crippen LogP contribution < -0.4 is 10.2 Å². The largest absolute Gasteiger partial charge is 0.455 e. The van der Waals surface area contributed by atoms with Crippen molar-refractivity contribution in [3.05, 3.63) is 54.0 Å². The Morgan fingerprint density at radius 1 is 1.11 bits per heavy atom. The fourth-order valence-corrected chi connectivity index (χ4v) is 3.85. The van der Waals surface area contributed by atoms with Gasteiger partial charge in [0.05, 0.1) is 6.54 Å². The van der Waals surface area contributed by atoms with Crippen molar-refractivity contribution in [3.8, 4) is 0 Å². The summed E-state index contributed by atoms with van der Waals surface area (Å²) in [4.78, 5) is 28.8. The lowest BCUT2D eigenvalue weighted by molar-refractivity contribution is -0.117. The van der Waals surface area contributed by atoms with Gasteiger partial charge in [0.1, 0.15) is 5.76 Å². The molecule has 2 aliphatic heterocycles. The Balaban J connectivity index is 1.28. The summed E-state index contributed by atoms with van der Waals surface area (Å²) in [5.41, 5.74) is 0.911. The Bertz CT molecular complexity index is 796. The normalized spacial score (nSPS) is 20.4. The van der Waals surface area contributed by atoms with Crippen molar-refractivity contribution >= 4 is 17.5 Å². The fourth-order valence-electron chi connectivity index (χ4n) is 3.85. The second kappa shape index (κ2) is 7.96. The first-order valence-electron chi connectivity index (χ1n) is 9.64. The molecule has 27 heavy (non-hydrogen) atoms. The molecule has 2 aromatic rings.